The fourth-order valence-corrected chi connectivity index (χ4v) is 2.28. The van der Waals surface area contributed by atoms with Gasteiger partial charge in [0, 0.05) is 0 Å². The maximum absolute atomic E-state index is 13.5. The number of aliphatic carboxylic acids is 1. The zero-order chi connectivity index (χ0) is 11.7. The Labute approximate surface area is 93.1 Å². The largest absolute Gasteiger partial charge is 0.480 e. The van der Waals surface area contributed by atoms with Crippen molar-refractivity contribution in [1.82, 2.24) is 0 Å². The first kappa shape index (κ1) is 11.1. The molecule has 0 spiro atoms. The second-order valence-corrected chi connectivity index (χ2v) is 4.24. The highest BCUT2D eigenvalue weighted by atomic mass is 19.1. The molecule has 1 aliphatic carbocycles. The Hall–Kier alpha value is -1.42. The maximum Gasteiger partial charge on any atom is 0.320 e. The molecule has 0 saturated heterocycles. The van der Waals surface area contributed by atoms with Gasteiger partial charge in [0.1, 0.15) is 11.9 Å². The van der Waals surface area contributed by atoms with E-state index >= 15 is 0 Å². The van der Waals surface area contributed by atoms with E-state index in [1.54, 1.807) is 6.07 Å². The molecule has 3 nitrogen and oxygen atoms in total. The van der Waals surface area contributed by atoms with Gasteiger partial charge < -0.3 is 10.8 Å². The lowest BCUT2D eigenvalue weighted by molar-refractivity contribution is -0.140. The molecule has 0 saturated carbocycles. The number of halogens is 1. The molecule has 3 N–H and O–H groups in total. The van der Waals surface area contributed by atoms with E-state index in [1.165, 1.54) is 6.07 Å². The number of benzene rings is 1. The normalized spacial score (nSPS) is 21.2. The van der Waals surface area contributed by atoms with Gasteiger partial charge in [-0.1, -0.05) is 12.1 Å². The van der Waals surface area contributed by atoms with Crippen LogP contribution in [0.4, 0.5) is 4.39 Å². The van der Waals surface area contributed by atoms with Gasteiger partial charge in [-0.15, -0.1) is 0 Å². The summed E-state index contributed by atoms with van der Waals surface area (Å²) in [4.78, 5) is 10.8. The standard InChI is InChI=1S/C12H14FNO2/c13-10-3-1-2-7-4-5-8(6-9(7)10)11(14)12(15)16/h1-3,8,11H,4-6,14H2,(H,15,16)/t8?,11-/m0/s1. The molecule has 1 aliphatic rings. The highest BCUT2D eigenvalue weighted by Gasteiger charge is 2.29. The van der Waals surface area contributed by atoms with E-state index in [4.69, 9.17) is 10.8 Å². The lowest BCUT2D eigenvalue weighted by atomic mass is 9.80. The molecule has 0 aliphatic heterocycles. The number of rotatable bonds is 2. The highest BCUT2D eigenvalue weighted by Crippen LogP contribution is 2.28. The molecule has 2 atom stereocenters. The quantitative estimate of drug-likeness (QED) is 0.795. The van der Waals surface area contributed by atoms with Crippen molar-refractivity contribution >= 4 is 5.97 Å². The predicted molar refractivity (Wildman–Crippen MR) is 57.5 cm³/mol. The Morgan fingerprint density at radius 3 is 3.00 bits per heavy atom. The predicted octanol–water partition coefficient (Wildman–Crippen LogP) is 1.34. The average Bonchev–Trinajstić information content (AvgIpc) is 2.28. The van der Waals surface area contributed by atoms with E-state index in [-0.39, 0.29) is 11.7 Å². The Kier molecular flexibility index (Phi) is 2.92. The molecular formula is C12H14FNO2. The number of carbonyl (C=O) groups is 1. The topological polar surface area (TPSA) is 63.3 Å². The van der Waals surface area contributed by atoms with Crippen molar-refractivity contribution in [2.24, 2.45) is 11.7 Å². The van der Waals surface area contributed by atoms with Crippen LogP contribution in [-0.2, 0) is 17.6 Å². The van der Waals surface area contributed by atoms with Gasteiger partial charge in [0.25, 0.3) is 0 Å². The van der Waals surface area contributed by atoms with Crippen LogP contribution in [0.25, 0.3) is 0 Å². The van der Waals surface area contributed by atoms with Gasteiger partial charge in [-0.25, -0.2) is 4.39 Å². The molecule has 4 heteroatoms. The van der Waals surface area contributed by atoms with Crippen LogP contribution < -0.4 is 5.73 Å². The Bertz CT molecular complexity index is 419. The summed E-state index contributed by atoms with van der Waals surface area (Å²) in [6.07, 6.45) is 1.85. The summed E-state index contributed by atoms with van der Waals surface area (Å²) < 4.78 is 13.5. The van der Waals surface area contributed by atoms with Gasteiger partial charge in [0.05, 0.1) is 0 Å². The first-order valence-electron chi connectivity index (χ1n) is 5.34. The number of nitrogens with two attached hydrogens (primary N) is 1. The van der Waals surface area contributed by atoms with E-state index in [0.29, 0.717) is 24.8 Å². The van der Waals surface area contributed by atoms with Crippen molar-refractivity contribution in [3.8, 4) is 0 Å². The van der Waals surface area contributed by atoms with Gasteiger partial charge in [-0.05, 0) is 42.4 Å². The van der Waals surface area contributed by atoms with Crippen LogP contribution in [0.3, 0.4) is 0 Å². The average molecular weight is 223 g/mol. The molecular weight excluding hydrogens is 209 g/mol. The lowest BCUT2D eigenvalue weighted by Gasteiger charge is -2.27. The second kappa shape index (κ2) is 4.22. The Morgan fingerprint density at radius 2 is 2.31 bits per heavy atom. The molecule has 0 fully saturated rings. The molecule has 0 heterocycles. The minimum Gasteiger partial charge on any atom is -0.480 e. The van der Waals surface area contributed by atoms with Crippen LogP contribution in [0.2, 0.25) is 0 Å². The van der Waals surface area contributed by atoms with Crippen LogP contribution in [0, 0.1) is 11.7 Å². The van der Waals surface area contributed by atoms with Gasteiger partial charge in [-0.2, -0.15) is 0 Å². The molecule has 0 amide bonds. The number of fused-ring (bicyclic) bond motifs is 1. The van der Waals surface area contributed by atoms with Crippen molar-refractivity contribution in [2.75, 3.05) is 0 Å². The van der Waals surface area contributed by atoms with E-state index in [2.05, 4.69) is 0 Å². The minimum atomic E-state index is -1.01. The van der Waals surface area contributed by atoms with Gasteiger partial charge in [-0.3, -0.25) is 4.79 Å². The zero-order valence-electron chi connectivity index (χ0n) is 8.82. The third-order valence-corrected chi connectivity index (χ3v) is 3.26. The third-order valence-electron chi connectivity index (χ3n) is 3.26. The number of hydrogen-bond acceptors (Lipinski definition) is 2. The Morgan fingerprint density at radius 1 is 1.56 bits per heavy atom. The molecule has 1 aromatic carbocycles. The number of carboxylic acid groups (broad SMARTS) is 1. The van der Waals surface area contributed by atoms with Crippen molar-refractivity contribution < 1.29 is 14.3 Å². The molecule has 0 radical (unpaired) electrons. The van der Waals surface area contributed by atoms with Crippen LogP contribution in [-0.4, -0.2) is 17.1 Å². The smallest absolute Gasteiger partial charge is 0.320 e. The summed E-state index contributed by atoms with van der Waals surface area (Å²) in [5, 5.41) is 8.83. The summed E-state index contributed by atoms with van der Waals surface area (Å²) in [6.45, 7) is 0. The molecule has 1 unspecified atom stereocenters. The minimum absolute atomic E-state index is 0.165. The van der Waals surface area contributed by atoms with Crippen molar-refractivity contribution in [1.29, 1.82) is 0 Å². The molecule has 0 bridgehead atoms. The number of carboxylic acids is 1. The Balaban J connectivity index is 2.23. The van der Waals surface area contributed by atoms with E-state index in [1.807, 2.05) is 6.07 Å². The SMILES string of the molecule is N[C@H](C(=O)O)C1CCc2cccc(F)c2C1. The fourth-order valence-electron chi connectivity index (χ4n) is 2.28. The first-order chi connectivity index (χ1) is 7.59. The molecule has 86 valence electrons. The summed E-state index contributed by atoms with van der Waals surface area (Å²) >= 11 is 0. The van der Waals surface area contributed by atoms with Crippen molar-refractivity contribution in [2.45, 2.75) is 25.3 Å². The van der Waals surface area contributed by atoms with Crippen LogP contribution in [0.5, 0.6) is 0 Å². The summed E-state index contributed by atoms with van der Waals surface area (Å²) in [6, 6.07) is 4.09. The fraction of sp³-hybridized carbons (Fsp3) is 0.417. The monoisotopic (exact) mass is 223 g/mol. The van der Waals surface area contributed by atoms with Crippen molar-refractivity contribution in [3.63, 3.8) is 0 Å². The first-order valence-corrected chi connectivity index (χ1v) is 5.34. The van der Waals surface area contributed by atoms with Gasteiger partial charge >= 0.3 is 5.97 Å². The van der Waals surface area contributed by atoms with E-state index in [0.717, 1.165) is 5.56 Å². The third kappa shape index (κ3) is 1.93. The number of aryl methyl sites for hydroxylation is 1. The molecule has 16 heavy (non-hydrogen) atoms. The molecule has 0 aromatic heterocycles. The van der Waals surface area contributed by atoms with Crippen molar-refractivity contribution in [3.05, 3.63) is 35.1 Å². The maximum atomic E-state index is 13.5. The molecule has 2 rings (SSSR count). The second-order valence-electron chi connectivity index (χ2n) is 4.24. The van der Waals surface area contributed by atoms with E-state index < -0.39 is 12.0 Å². The van der Waals surface area contributed by atoms with E-state index in [9.17, 15) is 9.18 Å². The van der Waals surface area contributed by atoms with Crippen LogP contribution >= 0.6 is 0 Å². The zero-order valence-corrected chi connectivity index (χ0v) is 8.82. The lowest BCUT2D eigenvalue weighted by Crippen LogP contribution is -2.40. The molecule has 1 aromatic rings. The highest BCUT2D eigenvalue weighted by molar-refractivity contribution is 5.73. The van der Waals surface area contributed by atoms with Crippen LogP contribution in [0.1, 0.15) is 17.5 Å². The van der Waals surface area contributed by atoms with Crippen LogP contribution in [0.15, 0.2) is 18.2 Å². The van der Waals surface area contributed by atoms with Gasteiger partial charge in [0.15, 0.2) is 0 Å². The summed E-state index contributed by atoms with van der Waals surface area (Å²) in [5.74, 6) is -1.42. The number of hydrogen-bond donors (Lipinski definition) is 2. The van der Waals surface area contributed by atoms with Gasteiger partial charge in [0.2, 0.25) is 0 Å². The summed E-state index contributed by atoms with van der Waals surface area (Å²) in [5.41, 5.74) is 7.19. The summed E-state index contributed by atoms with van der Waals surface area (Å²) in [7, 11) is 0.